The van der Waals surface area contributed by atoms with Gasteiger partial charge in [-0.2, -0.15) is 4.31 Å². The van der Waals surface area contributed by atoms with Gasteiger partial charge in [-0.3, -0.25) is 4.18 Å². The van der Waals surface area contributed by atoms with Gasteiger partial charge in [0.2, 0.25) is 0 Å². The zero-order valence-electron chi connectivity index (χ0n) is 8.85. The summed E-state index contributed by atoms with van der Waals surface area (Å²) in [6.07, 6.45) is 4.45. The molecule has 0 bridgehead atoms. The number of carbonyl (C=O) groups excluding carboxylic acids is 1. The van der Waals surface area contributed by atoms with E-state index in [0.717, 1.165) is 4.31 Å². The van der Waals surface area contributed by atoms with E-state index in [1.807, 2.05) is 0 Å². The minimum absolute atomic E-state index is 0.0718. The molecular weight excluding hydrogens is 218 g/mol. The van der Waals surface area contributed by atoms with E-state index in [2.05, 4.69) is 5.92 Å². The number of hydrogen-bond donors (Lipinski definition) is 0. The molecule has 5 nitrogen and oxygen atoms in total. The summed E-state index contributed by atoms with van der Waals surface area (Å²) >= 11 is -1.84. The number of hydrogen-bond acceptors (Lipinski definition) is 4. The molecule has 1 unspecified atom stereocenters. The first-order valence-electron chi connectivity index (χ1n) is 4.38. The summed E-state index contributed by atoms with van der Waals surface area (Å²) in [6.45, 7) is 5.23. The Kier molecular flexibility index (Phi) is 3.37. The van der Waals surface area contributed by atoms with Crippen molar-refractivity contribution >= 4 is 17.4 Å². The van der Waals surface area contributed by atoms with E-state index < -0.39 is 29.0 Å². The molecule has 1 aliphatic rings. The van der Waals surface area contributed by atoms with Gasteiger partial charge < -0.3 is 4.74 Å². The summed E-state index contributed by atoms with van der Waals surface area (Å²) < 4.78 is 22.0. The average Bonchev–Trinajstić information content (AvgIpc) is 2.43. The molecule has 0 aliphatic carbocycles. The Morgan fingerprint density at radius 1 is 1.67 bits per heavy atom. The fraction of sp³-hybridized carbons (Fsp3) is 0.667. The van der Waals surface area contributed by atoms with E-state index in [1.54, 1.807) is 20.8 Å². The summed E-state index contributed by atoms with van der Waals surface area (Å²) in [5, 5.41) is 0. The lowest BCUT2D eigenvalue weighted by atomic mass is 10.2. The molecule has 1 fully saturated rings. The van der Waals surface area contributed by atoms with Crippen molar-refractivity contribution in [1.29, 1.82) is 0 Å². The van der Waals surface area contributed by atoms with Gasteiger partial charge in [0.05, 0.1) is 6.61 Å². The standard InChI is InChI=1S/C9H13NO4S/c1-5-7-6-13-15(12)10(7)8(11)14-9(2,3)4/h1,7H,6H2,2-4H3/t7-,15?/m1/s1. The van der Waals surface area contributed by atoms with E-state index >= 15 is 0 Å². The lowest BCUT2D eigenvalue weighted by Crippen LogP contribution is -2.40. The molecule has 1 aliphatic heterocycles. The zero-order valence-corrected chi connectivity index (χ0v) is 9.67. The van der Waals surface area contributed by atoms with Crippen molar-refractivity contribution in [2.75, 3.05) is 6.61 Å². The van der Waals surface area contributed by atoms with Gasteiger partial charge in [-0.1, -0.05) is 5.92 Å². The van der Waals surface area contributed by atoms with Crippen LogP contribution in [0.4, 0.5) is 4.79 Å². The molecule has 0 aromatic heterocycles. The monoisotopic (exact) mass is 231 g/mol. The van der Waals surface area contributed by atoms with Gasteiger partial charge in [0.1, 0.15) is 11.6 Å². The molecule has 6 heteroatoms. The van der Waals surface area contributed by atoms with Crippen molar-refractivity contribution in [2.24, 2.45) is 0 Å². The van der Waals surface area contributed by atoms with Crippen LogP contribution >= 0.6 is 0 Å². The molecule has 1 amide bonds. The van der Waals surface area contributed by atoms with Crippen LogP contribution in [0.15, 0.2) is 0 Å². The number of terminal acetylenes is 1. The molecule has 0 aromatic rings. The van der Waals surface area contributed by atoms with Crippen molar-refractivity contribution < 1.29 is 17.9 Å². The first-order chi connectivity index (χ1) is 6.85. The highest BCUT2D eigenvalue weighted by molar-refractivity contribution is 7.78. The molecule has 1 saturated heterocycles. The Morgan fingerprint density at radius 3 is 2.73 bits per heavy atom. The molecule has 1 rings (SSSR count). The number of nitrogens with zero attached hydrogens (tertiary/aromatic N) is 1. The van der Waals surface area contributed by atoms with E-state index in [0.29, 0.717) is 0 Å². The smallest absolute Gasteiger partial charge is 0.425 e. The highest BCUT2D eigenvalue weighted by Gasteiger charge is 2.38. The summed E-state index contributed by atoms with van der Waals surface area (Å²) in [4.78, 5) is 11.6. The maximum absolute atomic E-state index is 11.6. The van der Waals surface area contributed by atoms with Crippen molar-refractivity contribution in [1.82, 2.24) is 4.31 Å². The van der Waals surface area contributed by atoms with E-state index in [-0.39, 0.29) is 6.61 Å². The Morgan fingerprint density at radius 2 is 2.27 bits per heavy atom. The van der Waals surface area contributed by atoms with Gasteiger partial charge in [0, 0.05) is 0 Å². The number of ether oxygens (including phenoxy) is 1. The first kappa shape index (κ1) is 12.0. The third-order valence-corrected chi connectivity index (χ3v) is 2.60. The highest BCUT2D eigenvalue weighted by atomic mass is 32.2. The molecule has 0 aromatic carbocycles. The van der Waals surface area contributed by atoms with Crippen molar-refractivity contribution in [2.45, 2.75) is 32.4 Å². The second kappa shape index (κ2) is 4.21. The topological polar surface area (TPSA) is 55.8 Å². The minimum Gasteiger partial charge on any atom is -0.443 e. The number of rotatable bonds is 0. The van der Waals surface area contributed by atoms with Crippen LogP contribution in [0.5, 0.6) is 0 Å². The first-order valence-corrected chi connectivity index (χ1v) is 5.42. The maximum Gasteiger partial charge on any atom is 0.425 e. The molecule has 0 N–H and O–H groups in total. The summed E-state index contributed by atoms with van der Waals surface area (Å²) in [5.41, 5.74) is -0.650. The number of carbonyl (C=O) groups is 1. The lowest BCUT2D eigenvalue weighted by Gasteiger charge is -2.23. The zero-order chi connectivity index (χ0) is 11.6. The van der Waals surface area contributed by atoms with Crippen LogP contribution in [0, 0.1) is 12.3 Å². The largest absolute Gasteiger partial charge is 0.443 e. The van der Waals surface area contributed by atoms with Gasteiger partial charge >= 0.3 is 6.09 Å². The molecule has 2 atom stereocenters. The van der Waals surface area contributed by atoms with E-state index in [1.165, 1.54) is 0 Å². The Labute approximate surface area is 91.5 Å². The number of amides is 1. The molecule has 0 spiro atoms. The van der Waals surface area contributed by atoms with Crippen LogP contribution in [0.2, 0.25) is 0 Å². The Hall–Kier alpha value is -1.06. The summed E-state index contributed by atoms with van der Waals surface area (Å²) in [7, 11) is 0. The fourth-order valence-electron chi connectivity index (χ4n) is 0.962. The van der Waals surface area contributed by atoms with E-state index in [4.69, 9.17) is 15.3 Å². The molecule has 1 heterocycles. The normalized spacial score (nSPS) is 26.1. The van der Waals surface area contributed by atoms with Crippen LogP contribution in [0.1, 0.15) is 20.8 Å². The predicted molar refractivity (Wildman–Crippen MR) is 54.8 cm³/mol. The van der Waals surface area contributed by atoms with Crippen LogP contribution < -0.4 is 0 Å². The minimum atomic E-state index is -1.84. The second-order valence-corrected chi connectivity index (χ2v) is 5.05. The molecular formula is C9H13NO4S. The van der Waals surface area contributed by atoms with Crippen LogP contribution in [-0.2, 0) is 20.2 Å². The van der Waals surface area contributed by atoms with Gasteiger partial charge in [-0.05, 0) is 20.8 Å². The quantitative estimate of drug-likeness (QED) is 0.579. The third-order valence-electron chi connectivity index (χ3n) is 1.54. The fourth-order valence-corrected chi connectivity index (χ4v) is 1.81. The van der Waals surface area contributed by atoms with Gasteiger partial charge in [0.15, 0.2) is 0 Å². The summed E-state index contributed by atoms with van der Waals surface area (Å²) in [6, 6.07) is -0.624. The third kappa shape index (κ3) is 2.94. The SMILES string of the molecule is C#C[C@@H]1COS(=O)N1C(=O)OC(C)(C)C. The average molecular weight is 231 g/mol. The van der Waals surface area contributed by atoms with Crippen LogP contribution in [0.25, 0.3) is 0 Å². The van der Waals surface area contributed by atoms with Crippen molar-refractivity contribution in [3.63, 3.8) is 0 Å². The Balaban J connectivity index is 2.74. The molecule has 0 saturated carbocycles. The van der Waals surface area contributed by atoms with Crippen LogP contribution in [-0.4, -0.2) is 32.9 Å². The molecule has 15 heavy (non-hydrogen) atoms. The lowest BCUT2D eigenvalue weighted by molar-refractivity contribution is 0.0387. The van der Waals surface area contributed by atoms with Crippen LogP contribution in [0.3, 0.4) is 0 Å². The Bertz CT molecular complexity index is 328. The van der Waals surface area contributed by atoms with Gasteiger partial charge in [-0.25, -0.2) is 9.00 Å². The van der Waals surface area contributed by atoms with Gasteiger partial charge in [0.25, 0.3) is 11.3 Å². The molecule has 84 valence electrons. The van der Waals surface area contributed by atoms with Gasteiger partial charge in [-0.15, -0.1) is 6.42 Å². The van der Waals surface area contributed by atoms with E-state index in [9.17, 15) is 9.00 Å². The highest BCUT2D eigenvalue weighted by Crippen LogP contribution is 2.18. The molecule has 0 radical (unpaired) electrons. The predicted octanol–water partition coefficient (Wildman–Crippen LogP) is 0.834. The van der Waals surface area contributed by atoms with Crippen molar-refractivity contribution in [3.8, 4) is 12.3 Å². The maximum atomic E-state index is 11.6. The summed E-state index contributed by atoms with van der Waals surface area (Å²) in [5.74, 6) is 2.32. The second-order valence-electron chi connectivity index (χ2n) is 3.99. The van der Waals surface area contributed by atoms with Crippen molar-refractivity contribution in [3.05, 3.63) is 0 Å².